The van der Waals surface area contributed by atoms with E-state index in [0.717, 1.165) is 18.4 Å². The fourth-order valence-corrected chi connectivity index (χ4v) is 4.13. The first-order valence-electron chi connectivity index (χ1n) is 9.28. The molecule has 3 rings (SSSR count). The number of hydrogen-bond donors (Lipinski definition) is 1. The Hall–Kier alpha value is -1.89. The molecular weight excluding hydrogens is 351 g/mol. The van der Waals surface area contributed by atoms with Crippen molar-refractivity contribution in [3.05, 3.63) is 30.1 Å². The third-order valence-corrected chi connectivity index (χ3v) is 5.65. The molecule has 0 radical (unpaired) electrons. The van der Waals surface area contributed by atoms with Gasteiger partial charge >= 0.3 is 0 Å². The third kappa shape index (κ3) is 4.84. The lowest BCUT2D eigenvalue weighted by Crippen LogP contribution is -2.35. The summed E-state index contributed by atoms with van der Waals surface area (Å²) < 4.78 is 15.1. The van der Waals surface area contributed by atoms with Gasteiger partial charge in [-0.2, -0.15) is 0 Å². The summed E-state index contributed by atoms with van der Waals surface area (Å²) in [4.78, 5) is 12.3. The van der Waals surface area contributed by atoms with Gasteiger partial charge in [0.25, 0.3) is 0 Å². The Labute approximate surface area is 157 Å². The van der Waals surface area contributed by atoms with Crippen LogP contribution in [0.4, 0.5) is 4.39 Å². The van der Waals surface area contributed by atoms with Crippen LogP contribution in [0.25, 0.3) is 11.4 Å². The van der Waals surface area contributed by atoms with Crippen LogP contribution < -0.4 is 5.32 Å². The molecule has 1 N–H and O–H groups in total. The SMILES string of the molecule is CCn1c(SCC(=O)NC2CCCCCC2)nnc1-c1ccc(F)cc1. The molecule has 1 amide bonds. The molecule has 5 nitrogen and oxygen atoms in total. The summed E-state index contributed by atoms with van der Waals surface area (Å²) in [7, 11) is 0. The van der Waals surface area contributed by atoms with Crippen molar-refractivity contribution in [2.45, 2.75) is 63.2 Å². The van der Waals surface area contributed by atoms with Crippen molar-refractivity contribution in [3.63, 3.8) is 0 Å². The minimum atomic E-state index is -0.277. The summed E-state index contributed by atoms with van der Waals surface area (Å²) in [6.45, 7) is 2.69. The van der Waals surface area contributed by atoms with E-state index < -0.39 is 0 Å². The number of rotatable bonds is 6. The van der Waals surface area contributed by atoms with E-state index in [2.05, 4.69) is 15.5 Å². The summed E-state index contributed by atoms with van der Waals surface area (Å²) in [5.41, 5.74) is 0.815. The Morgan fingerprint density at radius 2 is 1.88 bits per heavy atom. The zero-order valence-electron chi connectivity index (χ0n) is 15.1. The number of aromatic nitrogens is 3. The fraction of sp³-hybridized carbons (Fsp3) is 0.526. The second-order valence-corrected chi connectivity index (χ2v) is 7.54. The molecule has 1 aliphatic carbocycles. The lowest BCUT2D eigenvalue weighted by molar-refractivity contribution is -0.119. The number of thioether (sulfide) groups is 1. The zero-order chi connectivity index (χ0) is 18.4. The first kappa shape index (κ1) is 18.9. The number of nitrogens with zero attached hydrogens (tertiary/aromatic N) is 3. The fourth-order valence-electron chi connectivity index (χ4n) is 3.32. The zero-order valence-corrected chi connectivity index (χ0v) is 15.9. The lowest BCUT2D eigenvalue weighted by Gasteiger charge is -2.16. The quantitative estimate of drug-likeness (QED) is 0.611. The van der Waals surface area contributed by atoms with E-state index in [9.17, 15) is 9.18 Å². The number of nitrogens with one attached hydrogen (secondary N) is 1. The normalized spacial score (nSPS) is 15.6. The minimum Gasteiger partial charge on any atom is -0.353 e. The van der Waals surface area contributed by atoms with Crippen molar-refractivity contribution in [1.29, 1.82) is 0 Å². The van der Waals surface area contributed by atoms with E-state index in [-0.39, 0.29) is 11.7 Å². The maximum atomic E-state index is 13.1. The van der Waals surface area contributed by atoms with Crippen LogP contribution in [0.2, 0.25) is 0 Å². The van der Waals surface area contributed by atoms with Crippen LogP contribution in [-0.2, 0) is 11.3 Å². The topological polar surface area (TPSA) is 59.8 Å². The first-order valence-corrected chi connectivity index (χ1v) is 10.3. The molecule has 0 unspecified atom stereocenters. The van der Waals surface area contributed by atoms with Crippen LogP contribution in [0.5, 0.6) is 0 Å². The highest BCUT2D eigenvalue weighted by Gasteiger charge is 2.17. The molecule has 0 bridgehead atoms. The first-order chi connectivity index (χ1) is 12.7. The maximum Gasteiger partial charge on any atom is 0.230 e. The number of benzene rings is 1. The Balaban J connectivity index is 1.61. The Morgan fingerprint density at radius 1 is 1.19 bits per heavy atom. The van der Waals surface area contributed by atoms with Gasteiger partial charge in [0.1, 0.15) is 5.82 Å². The highest BCUT2D eigenvalue weighted by molar-refractivity contribution is 7.99. The average Bonchev–Trinajstić information content (AvgIpc) is 2.88. The van der Waals surface area contributed by atoms with Crippen molar-refractivity contribution in [3.8, 4) is 11.4 Å². The molecule has 1 heterocycles. The molecule has 0 aliphatic heterocycles. The van der Waals surface area contributed by atoms with Gasteiger partial charge in [-0.25, -0.2) is 4.39 Å². The number of amides is 1. The molecule has 1 fully saturated rings. The van der Waals surface area contributed by atoms with Gasteiger partial charge in [0.2, 0.25) is 5.91 Å². The molecule has 0 spiro atoms. The van der Waals surface area contributed by atoms with Gasteiger partial charge in [-0.3, -0.25) is 4.79 Å². The highest BCUT2D eigenvalue weighted by Crippen LogP contribution is 2.24. The lowest BCUT2D eigenvalue weighted by atomic mass is 10.1. The molecule has 7 heteroatoms. The number of carbonyl (C=O) groups is 1. The Bertz CT molecular complexity index is 724. The van der Waals surface area contributed by atoms with Gasteiger partial charge < -0.3 is 9.88 Å². The summed E-state index contributed by atoms with van der Waals surface area (Å²) in [6, 6.07) is 6.52. The van der Waals surface area contributed by atoms with Crippen LogP contribution in [0, 0.1) is 5.82 Å². The third-order valence-electron chi connectivity index (χ3n) is 4.69. The molecule has 26 heavy (non-hydrogen) atoms. The summed E-state index contributed by atoms with van der Waals surface area (Å²) in [5, 5.41) is 12.3. The van der Waals surface area contributed by atoms with Crippen LogP contribution in [0.1, 0.15) is 45.4 Å². The molecule has 0 saturated heterocycles. The Kier molecular flexibility index (Phi) is 6.66. The summed E-state index contributed by atoms with van der Waals surface area (Å²) in [6.07, 6.45) is 7.10. The second-order valence-electron chi connectivity index (χ2n) is 6.60. The minimum absolute atomic E-state index is 0.0517. The van der Waals surface area contributed by atoms with Gasteiger partial charge in [-0.05, 0) is 44.0 Å². The van der Waals surface area contributed by atoms with E-state index in [1.165, 1.54) is 49.6 Å². The molecular formula is C19H25FN4OS. The number of hydrogen-bond acceptors (Lipinski definition) is 4. The van der Waals surface area contributed by atoms with Gasteiger partial charge in [-0.1, -0.05) is 37.4 Å². The number of carbonyl (C=O) groups excluding carboxylic acids is 1. The molecule has 1 aliphatic rings. The largest absolute Gasteiger partial charge is 0.353 e. The van der Waals surface area contributed by atoms with Crippen molar-refractivity contribution < 1.29 is 9.18 Å². The van der Waals surface area contributed by atoms with E-state index >= 15 is 0 Å². The maximum absolute atomic E-state index is 13.1. The van der Waals surface area contributed by atoms with Crippen molar-refractivity contribution >= 4 is 17.7 Å². The summed E-state index contributed by atoms with van der Waals surface area (Å²) in [5.74, 6) is 0.800. The Morgan fingerprint density at radius 3 is 2.54 bits per heavy atom. The van der Waals surface area contributed by atoms with E-state index in [4.69, 9.17) is 0 Å². The standard InChI is InChI=1S/C19H25FN4OS/c1-2-24-18(14-9-11-15(20)12-10-14)22-23-19(24)26-13-17(25)21-16-7-5-3-4-6-8-16/h9-12,16H,2-8,13H2,1H3,(H,21,25). The van der Waals surface area contributed by atoms with E-state index in [1.807, 2.05) is 11.5 Å². The van der Waals surface area contributed by atoms with E-state index in [1.54, 1.807) is 12.1 Å². The average molecular weight is 377 g/mol. The van der Waals surface area contributed by atoms with E-state index in [0.29, 0.717) is 29.3 Å². The van der Waals surface area contributed by atoms with Crippen LogP contribution >= 0.6 is 11.8 Å². The van der Waals surface area contributed by atoms with Crippen molar-refractivity contribution in [2.75, 3.05) is 5.75 Å². The van der Waals surface area contributed by atoms with Crippen LogP contribution in [0.3, 0.4) is 0 Å². The predicted octanol–water partition coefficient (Wildman–Crippen LogP) is 4.04. The van der Waals surface area contributed by atoms with Crippen LogP contribution in [-0.4, -0.2) is 32.5 Å². The van der Waals surface area contributed by atoms with Gasteiger partial charge in [0, 0.05) is 18.2 Å². The molecule has 140 valence electrons. The second kappa shape index (κ2) is 9.16. The molecule has 0 atom stereocenters. The number of halogens is 1. The smallest absolute Gasteiger partial charge is 0.230 e. The molecule has 1 aromatic heterocycles. The van der Waals surface area contributed by atoms with Crippen molar-refractivity contribution in [1.82, 2.24) is 20.1 Å². The summed E-state index contributed by atoms with van der Waals surface area (Å²) >= 11 is 1.40. The van der Waals surface area contributed by atoms with Gasteiger partial charge in [0.15, 0.2) is 11.0 Å². The van der Waals surface area contributed by atoms with Gasteiger partial charge in [0.05, 0.1) is 5.75 Å². The molecule has 2 aromatic rings. The monoisotopic (exact) mass is 376 g/mol. The molecule has 1 aromatic carbocycles. The molecule has 1 saturated carbocycles. The van der Waals surface area contributed by atoms with Gasteiger partial charge in [-0.15, -0.1) is 10.2 Å². The highest BCUT2D eigenvalue weighted by atomic mass is 32.2. The van der Waals surface area contributed by atoms with Crippen LogP contribution in [0.15, 0.2) is 29.4 Å². The van der Waals surface area contributed by atoms with Crippen molar-refractivity contribution in [2.24, 2.45) is 0 Å². The predicted molar refractivity (Wildman–Crippen MR) is 101 cm³/mol.